The molecule has 1 aliphatic rings. The Bertz CT molecular complexity index is 831. The number of aromatic hydroxyl groups is 1. The first-order valence-electron chi connectivity index (χ1n) is 6.93. The number of rotatable bonds is 3. The van der Waals surface area contributed by atoms with Crippen molar-refractivity contribution in [1.82, 2.24) is 4.90 Å². The fourth-order valence-electron chi connectivity index (χ4n) is 2.20. The van der Waals surface area contributed by atoms with Crippen molar-refractivity contribution in [1.29, 1.82) is 0 Å². The first-order chi connectivity index (χ1) is 11.5. The van der Waals surface area contributed by atoms with Crippen molar-refractivity contribution < 1.29 is 19.1 Å². The summed E-state index contributed by atoms with van der Waals surface area (Å²) in [4.78, 5) is 25.7. The quantitative estimate of drug-likeness (QED) is 0.820. The molecule has 2 aromatic rings. The van der Waals surface area contributed by atoms with E-state index in [0.29, 0.717) is 5.56 Å². The van der Waals surface area contributed by atoms with Crippen LogP contribution in [0.15, 0.2) is 47.4 Å². The summed E-state index contributed by atoms with van der Waals surface area (Å²) in [6, 6.07) is 10.4. The summed E-state index contributed by atoms with van der Waals surface area (Å²) in [5.41, 5.74) is 0.773. The minimum atomic E-state index is -0.566. The number of halogens is 2. The van der Waals surface area contributed by atoms with Crippen LogP contribution in [-0.2, 0) is 11.3 Å². The molecule has 122 valence electrons. The summed E-state index contributed by atoms with van der Waals surface area (Å²) in [6.07, 6.45) is 1.55. The van der Waals surface area contributed by atoms with E-state index in [4.69, 9.17) is 11.6 Å². The molecule has 3 rings (SSSR count). The van der Waals surface area contributed by atoms with Crippen LogP contribution in [-0.4, -0.2) is 21.2 Å². The molecule has 0 aromatic heterocycles. The molecule has 0 saturated carbocycles. The summed E-state index contributed by atoms with van der Waals surface area (Å²) in [7, 11) is 0. The highest BCUT2D eigenvalue weighted by molar-refractivity contribution is 8.18. The van der Waals surface area contributed by atoms with E-state index in [1.54, 1.807) is 18.2 Å². The van der Waals surface area contributed by atoms with E-state index in [-0.39, 0.29) is 27.8 Å². The Hall–Kier alpha value is -2.31. The Kier molecular flexibility index (Phi) is 4.59. The van der Waals surface area contributed by atoms with Gasteiger partial charge in [0.15, 0.2) is 0 Å². The lowest BCUT2D eigenvalue weighted by Crippen LogP contribution is -2.28. The standard InChI is InChI=1S/C17H11ClFNO3S/c18-13-2-1-3-14(19)12(13)9-20-16(22)15(24-17(20)23)8-10-4-6-11(21)7-5-10/h1-8,21H,9H2/b15-8+. The average molecular weight is 364 g/mol. The van der Waals surface area contributed by atoms with Gasteiger partial charge < -0.3 is 5.11 Å². The number of hydrogen-bond donors (Lipinski definition) is 1. The lowest BCUT2D eigenvalue weighted by Gasteiger charge is -2.14. The number of hydrogen-bond acceptors (Lipinski definition) is 4. The fraction of sp³-hybridized carbons (Fsp3) is 0.0588. The lowest BCUT2D eigenvalue weighted by atomic mass is 10.2. The van der Waals surface area contributed by atoms with Crippen molar-refractivity contribution in [2.75, 3.05) is 0 Å². The Morgan fingerprint density at radius 3 is 2.54 bits per heavy atom. The molecule has 2 aromatic carbocycles. The number of imide groups is 1. The Labute approximate surface area is 146 Å². The van der Waals surface area contributed by atoms with E-state index < -0.39 is 17.0 Å². The van der Waals surface area contributed by atoms with Crippen LogP contribution in [0.1, 0.15) is 11.1 Å². The minimum absolute atomic E-state index is 0.104. The van der Waals surface area contributed by atoms with Gasteiger partial charge in [-0.05, 0) is 47.7 Å². The number of nitrogens with zero attached hydrogens (tertiary/aromatic N) is 1. The van der Waals surface area contributed by atoms with Crippen LogP contribution in [0, 0.1) is 5.82 Å². The molecule has 1 fully saturated rings. The zero-order valence-electron chi connectivity index (χ0n) is 12.2. The van der Waals surface area contributed by atoms with Crippen molar-refractivity contribution in [2.24, 2.45) is 0 Å². The van der Waals surface area contributed by atoms with Gasteiger partial charge in [0.2, 0.25) is 0 Å². The maximum atomic E-state index is 13.9. The van der Waals surface area contributed by atoms with Gasteiger partial charge in [0.05, 0.1) is 11.4 Å². The molecule has 1 saturated heterocycles. The molecule has 4 nitrogen and oxygen atoms in total. The van der Waals surface area contributed by atoms with Crippen LogP contribution in [0.3, 0.4) is 0 Å². The van der Waals surface area contributed by atoms with Crippen molar-refractivity contribution in [2.45, 2.75) is 6.54 Å². The van der Waals surface area contributed by atoms with Crippen LogP contribution in [0.5, 0.6) is 5.75 Å². The highest BCUT2D eigenvalue weighted by Gasteiger charge is 2.35. The summed E-state index contributed by atoms with van der Waals surface area (Å²) >= 11 is 6.73. The molecule has 0 bridgehead atoms. The summed E-state index contributed by atoms with van der Waals surface area (Å²) < 4.78 is 13.9. The van der Waals surface area contributed by atoms with Crippen LogP contribution >= 0.6 is 23.4 Å². The molecule has 0 unspecified atom stereocenters. The minimum Gasteiger partial charge on any atom is -0.508 e. The van der Waals surface area contributed by atoms with Crippen LogP contribution in [0.25, 0.3) is 6.08 Å². The summed E-state index contributed by atoms with van der Waals surface area (Å²) in [6.45, 7) is -0.219. The average Bonchev–Trinajstić information content (AvgIpc) is 2.80. The lowest BCUT2D eigenvalue weighted by molar-refractivity contribution is -0.123. The zero-order chi connectivity index (χ0) is 17.3. The van der Waals surface area contributed by atoms with Crippen LogP contribution in [0.2, 0.25) is 5.02 Å². The Balaban J connectivity index is 1.85. The van der Waals surface area contributed by atoms with Crippen molar-refractivity contribution in [3.63, 3.8) is 0 Å². The largest absolute Gasteiger partial charge is 0.508 e. The molecule has 0 radical (unpaired) electrons. The predicted octanol–water partition coefficient (Wildman–Crippen LogP) is 4.42. The predicted molar refractivity (Wildman–Crippen MR) is 91.0 cm³/mol. The molecule has 7 heteroatoms. The zero-order valence-corrected chi connectivity index (χ0v) is 13.8. The molecule has 0 aliphatic carbocycles. The van der Waals surface area contributed by atoms with E-state index in [2.05, 4.69) is 0 Å². The molecule has 24 heavy (non-hydrogen) atoms. The third-order valence-corrected chi connectivity index (χ3v) is 4.70. The molecule has 0 atom stereocenters. The first kappa shape index (κ1) is 16.5. The number of thioether (sulfide) groups is 1. The molecule has 0 spiro atoms. The highest BCUT2D eigenvalue weighted by atomic mass is 35.5. The highest BCUT2D eigenvalue weighted by Crippen LogP contribution is 2.34. The molecule has 1 N–H and O–H groups in total. The van der Waals surface area contributed by atoms with Gasteiger partial charge in [0.1, 0.15) is 11.6 Å². The number of benzene rings is 2. The van der Waals surface area contributed by atoms with E-state index in [9.17, 15) is 19.1 Å². The molecular formula is C17H11ClFNO3S. The third kappa shape index (κ3) is 3.29. The van der Waals surface area contributed by atoms with Gasteiger partial charge >= 0.3 is 0 Å². The summed E-state index contributed by atoms with van der Waals surface area (Å²) in [5.74, 6) is -0.962. The molecule has 1 aliphatic heterocycles. The Morgan fingerprint density at radius 2 is 1.88 bits per heavy atom. The Morgan fingerprint density at radius 1 is 1.17 bits per heavy atom. The third-order valence-electron chi connectivity index (χ3n) is 3.44. The van der Waals surface area contributed by atoms with Crippen molar-refractivity contribution in [3.8, 4) is 5.75 Å². The van der Waals surface area contributed by atoms with E-state index >= 15 is 0 Å². The van der Waals surface area contributed by atoms with Crippen LogP contribution < -0.4 is 0 Å². The van der Waals surface area contributed by atoms with Gasteiger partial charge in [-0.3, -0.25) is 14.5 Å². The number of phenolic OH excluding ortho intramolecular Hbond substituents is 1. The topological polar surface area (TPSA) is 57.6 Å². The fourth-order valence-corrected chi connectivity index (χ4v) is 3.26. The maximum absolute atomic E-state index is 13.9. The van der Waals surface area contributed by atoms with Gasteiger partial charge in [-0.1, -0.05) is 29.8 Å². The SMILES string of the molecule is O=C1S/C(=C/c2ccc(O)cc2)C(=O)N1Cc1c(F)cccc1Cl. The van der Waals surface area contributed by atoms with Gasteiger partial charge in [0, 0.05) is 10.6 Å². The van der Waals surface area contributed by atoms with Gasteiger partial charge in [0.25, 0.3) is 11.1 Å². The van der Waals surface area contributed by atoms with Gasteiger partial charge in [-0.15, -0.1) is 0 Å². The summed E-state index contributed by atoms with van der Waals surface area (Å²) in [5, 5.41) is 8.95. The first-order valence-corrected chi connectivity index (χ1v) is 8.12. The van der Waals surface area contributed by atoms with Gasteiger partial charge in [-0.2, -0.15) is 0 Å². The molecule has 1 heterocycles. The van der Waals surface area contributed by atoms with Crippen molar-refractivity contribution in [3.05, 3.63) is 69.3 Å². The number of phenols is 1. The second-order valence-electron chi connectivity index (χ2n) is 5.06. The second kappa shape index (κ2) is 6.67. The number of amides is 2. The molecular weight excluding hydrogens is 353 g/mol. The number of carbonyl (C=O) groups excluding carboxylic acids is 2. The normalized spacial score (nSPS) is 16.2. The van der Waals surface area contributed by atoms with E-state index in [1.807, 2.05) is 0 Å². The van der Waals surface area contributed by atoms with E-state index in [1.165, 1.54) is 30.3 Å². The maximum Gasteiger partial charge on any atom is 0.293 e. The molecule has 2 amide bonds. The van der Waals surface area contributed by atoms with E-state index in [0.717, 1.165) is 16.7 Å². The number of carbonyl (C=O) groups is 2. The van der Waals surface area contributed by atoms with Gasteiger partial charge in [-0.25, -0.2) is 4.39 Å². The van der Waals surface area contributed by atoms with Crippen LogP contribution in [0.4, 0.5) is 9.18 Å². The smallest absolute Gasteiger partial charge is 0.293 e. The van der Waals surface area contributed by atoms with Crippen molar-refractivity contribution >= 4 is 40.6 Å². The monoisotopic (exact) mass is 363 g/mol. The second-order valence-corrected chi connectivity index (χ2v) is 6.46.